The number of aliphatic hydroxyl groups excluding tert-OH is 2. The molecule has 4 N–H and O–H groups in total. The number of hydrogen-bond donors (Lipinski definition) is 4. The molecule has 0 spiro atoms. The van der Waals surface area contributed by atoms with Crippen LogP contribution in [-0.2, 0) is 55.8 Å². The van der Waals surface area contributed by atoms with E-state index in [1.165, 1.54) is 186 Å². The van der Waals surface area contributed by atoms with Gasteiger partial charge in [-0.05, 0) is 173 Å². The summed E-state index contributed by atoms with van der Waals surface area (Å²) in [5, 5.41) is 20.8. The van der Waals surface area contributed by atoms with E-state index in [4.69, 9.17) is 32.3 Å². The Balaban J connectivity index is 4.63. The van der Waals surface area contributed by atoms with Crippen LogP contribution in [0.4, 0.5) is 0 Å². The minimum atomic E-state index is -4.95. The molecule has 16 nitrogen and oxygen atoms in total. The summed E-state index contributed by atoms with van der Waals surface area (Å²) in [6.45, 7) is 2.40. The van der Waals surface area contributed by atoms with E-state index in [0.717, 1.165) is 199 Å². The first-order valence-electron chi connectivity index (χ1n) is 54.0. The molecule has 0 saturated carbocycles. The van der Waals surface area contributed by atoms with E-state index in [-0.39, 0.29) is 19.3 Å². The van der Waals surface area contributed by atoms with Crippen LogP contribution in [0.5, 0.6) is 0 Å². The normalized spacial score (nSPS) is 14.5. The van der Waals surface area contributed by atoms with Gasteiger partial charge in [0.05, 0.1) is 26.4 Å². The smallest absolute Gasteiger partial charge is 0.463 e. The molecule has 0 heterocycles. The maximum atomic E-state index is 13.2. The minimum absolute atomic E-state index is 0.0963. The molecule has 0 bridgehead atoms. The Morgan fingerprint density at radius 1 is 0.207 bits per heavy atom. The Bertz CT molecular complexity index is 3340. The van der Waals surface area contributed by atoms with Crippen LogP contribution in [0.2, 0.25) is 0 Å². The first kappa shape index (κ1) is 129. The second-order valence-electron chi connectivity index (χ2n) is 35.6. The van der Waals surface area contributed by atoms with E-state index in [9.17, 15) is 43.5 Å². The summed E-state index contributed by atoms with van der Waals surface area (Å²) in [7, 11) is -9.83. The van der Waals surface area contributed by atoms with Crippen LogP contribution in [0, 0.1) is 0 Å². The van der Waals surface area contributed by atoms with Crippen LogP contribution in [0.3, 0.4) is 0 Å². The van der Waals surface area contributed by atoms with Crippen LogP contribution in [-0.4, -0.2) is 95.9 Å². The quantitative estimate of drug-likeness (QED) is 0.0146. The van der Waals surface area contributed by atoms with E-state index in [0.29, 0.717) is 19.3 Å². The van der Waals surface area contributed by atoms with Crippen molar-refractivity contribution in [3.8, 4) is 0 Å². The van der Waals surface area contributed by atoms with Crippen molar-refractivity contribution in [2.24, 2.45) is 0 Å². The van der Waals surface area contributed by atoms with Crippen molar-refractivity contribution in [2.75, 3.05) is 39.6 Å². The molecule has 0 aliphatic carbocycles. The summed E-state index contributed by atoms with van der Waals surface area (Å²) < 4.78 is 61.8. The number of phosphoric ester groups is 2. The summed E-state index contributed by atoms with van der Waals surface area (Å²) in [6.07, 6.45) is 147. The lowest BCUT2D eigenvalue weighted by Crippen LogP contribution is -2.30. The van der Waals surface area contributed by atoms with Gasteiger partial charge in [-0.1, -0.05) is 471 Å². The SMILES string of the molecule is CC/C=C\C/C=C\C/C=C\C/C=C\C/C=C\C/C=C\CCCCCCCCCCCCCCCCCCC(=O)OCC(O)COP(=O)(O)OCC(O)COP(=O)(O)OCC(COC(=O)CCCCCCCCCCCCCCCC/C=C\C/C=C\C/C=C\C/C=C\C/C=C\C/C=C\CC)OC(=O)CCCCCCCCCCCCCC/C=C\C/C=C\C/C=C\C/C=C\C/C=C\C/C=C\CC. The predicted molar refractivity (Wildman–Crippen MR) is 574 cm³/mol. The second-order valence-corrected chi connectivity index (χ2v) is 38.5. The first-order chi connectivity index (χ1) is 66.2. The molecule has 0 aliphatic rings. The number of rotatable bonds is 101. The van der Waals surface area contributed by atoms with E-state index in [2.05, 4.69) is 240 Å². The summed E-state index contributed by atoms with van der Waals surface area (Å²) in [4.78, 5) is 59.3. The molecule has 0 rings (SSSR count). The van der Waals surface area contributed by atoms with E-state index >= 15 is 0 Å². The molecule has 770 valence electrons. The van der Waals surface area contributed by atoms with E-state index in [1.54, 1.807) is 0 Å². The number of phosphoric acid groups is 2. The molecule has 0 radical (unpaired) electrons. The monoisotopic (exact) mass is 1920 g/mol. The Labute approximate surface area is 825 Å². The maximum Gasteiger partial charge on any atom is 0.472 e. The predicted octanol–water partition coefficient (Wildman–Crippen LogP) is 34.8. The largest absolute Gasteiger partial charge is 0.472 e. The molecule has 0 aromatic heterocycles. The molecule has 18 heteroatoms. The van der Waals surface area contributed by atoms with Gasteiger partial charge in [0, 0.05) is 19.3 Å². The molecule has 0 saturated heterocycles. The number of ether oxygens (including phenoxy) is 3. The topological polar surface area (TPSA) is 231 Å². The van der Waals surface area contributed by atoms with Crippen LogP contribution < -0.4 is 0 Å². The van der Waals surface area contributed by atoms with Gasteiger partial charge in [0.2, 0.25) is 0 Å². The Hall–Kier alpha value is -6.13. The zero-order valence-corrected chi connectivity index (χ0v) is 87.3. The molecule has 5 unspecified atom stereocenters. The van der Waals surface area contributed by atoms with Crippen LogP contribution in [0.15, 0.2) is 219 Å². The van der Waals surface area contributed by atoms with Crippen molar-refractivity contribution >= 4 is 33.6 Å². The minimum Gasteiger partial charge on any atom is -0.463 e. The summed E-state index contributed by atoms with van der Waals surface area (Å²) >= 11 is 0. The third-order valence-electron chi connectivity index (χ3n) is 22.7. The number of esters is 3. The number of carbonyl (C=O) groups excluding carboxylic acids is 3. The Morgan fingerprint density at radius 2 is 0.370 bits per heavy atom. The summed E-state index contributed by atoms with van der Waals surface area (Å²) in [5.74, 6) is -1.57. The third kappa shape index (κ3) is 108. The van der Waals surface area contributed by atoms with Crippen LogP contribution in [0.25, 0.3) is 0 Å². The first-order valence-corrected chi connectivity index (χ1v) is 57.0. The highest BCUT2D eigenvalue weighted by atomic mass is 31.2. The van der Waals surface area contributed by atoms with Crippen molar-refractivity contribution in [3.63, 3.8) is 0 Å². The molecule has 0 amide bonds. The molecule has 135 heavy (non-hydrogen) atoms. The summed E-state index contributed by atoms with van der Waals surface area (Å²) in [5.41, 5.74) is 0. The fourth-order valence-electron chi connectivity index (χ4n) is 14.6. The average molecular weight is 1920 g/mol. The standard InChI is InChI=1S/C117H196O16P2/c1-4-7-10-13-16-19-22-25-28-31-34-37-40-43-46-49-52-54-55-57-60-61-64-67-70-73-76-79-82-85-88-91-94-97-100-103-115(120)127-106-112(118)107-129-134(123,124)130-108-113(119)109-131-135(125,126)132-111-114(133-117(122)105-102-99-96-93-90-87-84-81-78-75-72-69-66-63-58-51-48-45-42-39-36-33-30-27-24-21-18-15-12-9-6-3)110-128-116(121)104-101-98-95-92-89-86-83-80-77-74-71-68-65-62-59-56-53-50-47-44-41-38-35-32-29-26-23-20-17-14-11-8-5-2/h7-12,16-21,25-30,34-39,43-48,52-54,56,58,63,112-114,118-119H,4-6,13-15,22-24,31-33,40-42,49-51,55,57,59-62,64-111H2,1-3H3,(H,123,124)(H,125,126)/b10-7-,11-8-,12-9-,19-16-,20-17-,21-18-,28-25-,29-26-,30-27-,37-34-,38-35-,39-36-,46-43-,47-44-,48-45-,54-52-,56-53-,63-58-. The molecule has 0 fully saturated rings. The summed E-state index contributed by atoms with van der Waals surface area (Å²) in [6, 6.07) is 0. The number of hydrogen-bond acceptors (Lipinski definition) is 14. The second kappa shape index (κ2) is 107. The highest BCUT2D eigenvalue weighted by molar-refractivity contribution is 7.47. The van der Waals surface area contributed by atoms with Gasteiger partial charge >= 0.3 is 33.6 Å². The van der Waals surface area contributed by atoms with Gasteiger partial charge in [0.15, 0.2) is 6.10 Å². The van der Waals surface area contributed by atoms with Gasteiger partial charge in [-0.2, -0.15) is 0 Å². The Kier molecular flexibility index (Phi) is 102. The highest BCUT2D eigenvalue weighted by Gasteiger charge is 2.30. The zero-order chi connectivity index (χ0) is 97.8. The van der Waals surface area contributed by atoms with Crippen molar-refractivity contribution in [1.82, 2.24) is 0 Å². The van der Waals surface area contributed by atoms with Crippen molar-refractivity contribution in [1.29, 1.82) is 0 Å². The molecule has 0 aromatic carbocycles. The fourth-order valence-corrected chi connectivity index (χ4v) is 16.2. The molecular formula is C117H196O16P2. The van der Waals surface area contributed by atoms with Gasteiger partial charge in [0.1, 0.15) is 25.4 Å². The molecule has 0 aliphatic heterocycles. The number of aliphatic hydroxyl groups is 2. The molecule has 5 atom stereocenters. The molecule has 0 aromatic rings. The lowest BCUT2D eigenvalue weighted by atomic mass is 10.0. The van der Waals surface area contributed by atoms with Gasteiger partial charge in [-0.15, -0.1) is 0 Å². The highest BCUT2D eigenvalue weighted by Crippen LogP contribution is 2.45. The van der Waals surface area contributed by atoms with E-state index < -0.39 is 91.5 Å². The van der Waals surface area contributed by atoms with Gasteiger partial charge < -0.3 is 34.2 Å². The number of carbonyl (C=O) groups is 3. The Morgan fingerprint density at radius 3 is 0.585 bits per heavy atom. The lowest BCUT2D eigenvalue weighted by Gasteiger charge is -2.21. The molecular weight excluding hydrogens is 1720 g/mol. The maximum absolute atomic E-state index is 13.2. The number of allylic oxidation sites excluding steroid dienone is 36. The van der Waals surface area contributed by atoms with E-state index in [1.807, 2.05) is 0 Å². The van der Waals surface area contributed by atoms with Gasteiger partial charge in [-0.3, -0.25) is 32.5 Å². The van der Waals surface area contributed by atoms with Crippen LogP contribution >= 0.6 is 15.6 Å². The zero-order valence-electron chi connectivity index (χ0n) is 85.5. The average Bonchev–Trinajstić information content (AvgIpc) is 0.900. The van der Waals surface area contributed by atoms with Crippen LogP contribution in [0.1, 0.15) is 445 Å². The van der Waals surface area contributed by atoms with Crippen molar-refractivity contribution in [2.45, 2.75) is 463 Å². The van der Waals surface area contributed by atoms with Crippen molar-refractivity contribution in [3.05, 3.63) is 219 Å². The third-order valence-corrected chi connectivity index (χ3v) is 24.6. The number of unbranched alkanes of at least 4 members (excludes halogenated alkanes) is 42. The van der Waals surface area contributed by atoms with Gasteiger partial charge in [-0.25, -0.2) is 9.13 Å². The fraction of sp³-hybridized carbons (Fsp3) is 0.667. The van der Waals surface area contributed by atoms with Gasteiger partial charge in [0.25, 0.3) is 0 Å². The van der Waals surface area contributed by atoms with Crippen molar-refractivity contribution < 1.29 is 75.8 Å². The lowest BCUT2D eigenvalue weighted by molar-refractivity contribution is -0.161.